The summed E-state index contributed by atoms with van der Waals surface area (Å²) in [6.45, 7) is 8.35. The van der Waals surface area contributed by atoms with Crippen molar-refractivity contribution in [1.82, 2.24) is 0 Å². The van der Waals surface area contributed by atoms with E-state index in [1.807, 2.05) is 30.3 Å². The Kier molecular flexibility index (Phi) is 8.51. The van der Waals surface area contributed by atoms with Gasteiger partial charge in [-0.15, -0.1) is 0 Å². The molecule has 1 nitrogen and oxygen atoms in total. The second-order valence-corrected chi connectivity index (χ2v) is 4.46. The maximum Gasteiger partial charge on any atom is 0.159 e. The third-order valence-corrected chi connectivity index (χ3v) is 2.32. The number of benzene rings is 1. The molecular weight excluding hydrogens is 196 g/mol. The molecule has 0 aliphatic rings. The molecule has 0 N–H and O–H groups in total. The molecule has 0 saturated heterocycles. The van der Waals surface area contributed by atoms with E-state index >= 15 is 0 Å². The minimum atomic E-state index is 0.121. The van der Waals surface area contributed by atoms with Crippen molar-refractivity contribution in [3.05, 3.63) is 35.9 Å². The van der Waals surface area contributed by atoms with Crippen LogP contribution in [-0.4, -0.2) is 5.78 Å². The summed E-state index contributed by atoms with van der Waals surface area (Å²) in [6, 6.07) is 9.23. The Labute approximate surface area is 99.9 Å². The van der Waals surface area contributed by atoms with Crippen LogP contribution < -0.4 is 0 Å². The summed E-state index contributed by atoms with van der Waals surface area (Å²) in [7, 11) is 0. The molecule has 0 bridgehead atoms. The summed E-state index contributed by atoms with van der Waals surface area (Å²) in [6.07, 6.45) is 4.15. The zero-order chi connectivity index (χ0) is 12.4. The molecule has 16 heavy (non-hydrogen) atoms. The van der Waals surface area contributed by atoms with Gasteiger partial charge in [0.15, 0.2) is 5.78 Å². The van der Waals surface area contributed by atoms with Crippen LogP contribution in [0, 0.1) is 5.92 Å². The number of carbonyl (C=O) groups excluding carboxylic acids is 1. The van der Waals surface area contributed by atoms with Crippen molar-refractivity contribution in [2.75, 3.05) is 0 Å². The van der Waals surface area contributed by atoms with E-state index < -0.39 is 0 Å². The lowest BCUT2D eigenvalue weighted by Crippen LogP contribution is -1.88. The van der Waals surface area contributed by atoms with Crippen LogP contribution in [0.1, 0.15) is 57.3 Å². The van der Waals surface area contributed by atoms with E-state index in [9.17, 15) is 4.79 Å². The normalized spacial score (nSPS) is 9.56. The van der Waals surface area contributed by atoms with E-state index in [2.05, 4.69) is 20.8 Å². The van der Waals surface area contributed by atoms with E-state index in [4.69, 9.17) is 0 Å². The van der Waals surface area contributed by atoms with Gasteiger partial charge in [0, 0.05) is 5.56 Å². The van der Waals surface area contributed by atoms with Crippen LogP contribution in [0.5, 0.6) is 0 Å². The number of hydrogen-bond acceptors (Lipinski definition) is 1. The summed E-state index contributed by atoms with van der Waals surface area (Å²) >= 11 is 0. The zero-order valence-corrected chi connectivity index (χ0v) is 11.0. The molecule has 1 heteroatoms. The number of unbranched alkanes of at least 4 members (excludes halogenated alkanes) is 1. The van der Waals surface area contributed by atoms with E-state index in [1.165, 1.54) is 19.3 Å². The Morgan fingerprint density at radius 3 is 2.00 bits per heavy atom. The Balaban J connectivity index is 0.000000293. The highest BCUT2D eigenvalue weighted by atomic mass is 16.1. The van der Waals surface area contributed by atoms with E-state index in [1.54, 1.807) is 6.92 Å². The molecule has 0 amide bonds. The molecule has 0 unspecified atom stereocenters. The van der Waals surface area contributed by atoms with Gasteiger partial charge in [-0.3, -0.25) is 4.79 Å². The lowest BCUT2D eigenvalue weighted by Gasteiger charge is -1.98. The van der Waals surface area contributed by atoms with Crippen LogP contribution in [0.3, 0.4) is 0 Å². The highest BCUT2D eigenvalue weighted by Crippen LogP contribution is 2.04. The molecule has 0 aliphatic heterocycles. The van der Waals surface area contributed by atoms with Gasteiger partial charge in [0.2, 0.25) is 0 Å². The van der Waals surface area contributed by atoms with Crippen molar-refractivity contribution >= 4 is 5.78 Å². The fraction of sp³-hybridized carbons (Fsp3) is 0.533. The van der Waals surface area contributed by atoms with Gasteiger partial charge in [0.1, 0.15) is 0 Å². The molecule has 1 aromatic rings. The molecular formula is C15H24O. The summed E-state index contributed by atoms with van der Waals surface area (Å²) in [5.74, 6) is 1.02. The number of ketones is 1. The summed E-state index contributed by atoms with van der Waals surface area (Å²) in [5, 5.41) is 0. The second-order valence-electron chi connectivity index (χ2n) is 4.46. The van der Waals surface area contributed by atoms with Crippen LogP contribution in [0.25, 0.3) is 0 Å². The Morgan fingerprint density at radius 2 is 1.75 bits per heavy atom. The second kappa shape index (κ2) is 9.14. The topological polar surface area (TPSA) is 17.1 Å². The van der Waals surface area contributed by atoms with E-state index in [0.717, 1.165) is 11.5 Å². The lowest BCUT2D eigenvalue weighted by atomic mass is 10.1. The third-order valence-electron chi connectivity index (χ3n) is 2.32. The van der Waals surface area contributed by atoms with Crippen molar-refractivity contribution < 1.29 is 4.79 Å². The summed E-state index contributed by atoms with van der Waals surface area (Å²) < 4.78 is 0. The van der Waals surface area contributed by atoms with E-state index in [0.29, 0.717) is 0 Å². The smallest absolute Gasteiger partial charge is 0.159 e. The summed E-state index contributed by atoms with van der Waals surface area (Å²) in [5.41, 5.74) is 0.775. The molecule has 0 spiro atoms. The molecule has 0 aliphatic carbocycles. The fourth-order valence-electron chi connectivity index (χ4n) is 1.29. The highest BCUT2D eigenvalue weighted by molar-refractivity contribution is 5.93. The molecule has 1 aromatic carbocycles. The van der Waals surface area contributed by atoms with Gasteiger partial charge in [-0.2, -0.15) is 0 Å². The van der Waals surface area contributed by atoms with Crippen molar-refractivity contribution in [1.29, 1.82) is 0 Å². The number of rotatable bonds is 4. The Bertz CT molecular complexity index is 275. The molecule has 90 valence electrons. The average molecular weight is 220 g/mol. The van der Waals surface area contributed by atoms with Gasteiger partial charge in [-0.1, -0.05) is 70.4 Å². The molecule has 0 aromatic heterocycles. The largest absolute Gasteiger partial charge is 0.295 e. The van der Waals surface area contributed by atoms with Crippen LogP contribution >= 0.6 is 0 Å². The molecule has 0 fully saturated rings. The lowest BCUT2D eigenvalue weighted by molar-refractivity contribution is 0.101. The van der Waals surface area contributed by atoms with Gasteiger partial charge >= 0.3 is 0 Å². The van der Waals surface area contributed by atoms with Gasteiger partial charge < -0.3 is 0 Å². The Hall–Kier alpha value is -1.11. The third kappa shape index (κ3) is 8.22. The number of hydrogen-bond donors (Lipinski definition) is 0. The van der Waals surface area contributed by atoms with Crippen LogP contribution in [0.4, 0.5) is 0 Å². The van der Waals surface area contributed by atoms with Crippen LogP contribution in [0.15, 0.2) is 30.3 Å². The molecule has 0 heterocycles. The van der Waals surface area contributed by atoms with Crippen molar-refractivity contribution in [3.8, 4) is 0 Å². The first kappa shape index (κ1) is 14.9. The molecule has 0 atom stereocenters. The quantitative estimate of drug-likeness (QED) is 0.671. The van der Waals surface area contributed by atoms with Crippen molar-refractivity contribution in [2.45, 2.75) is 47.0 Å². The van der Waals surface area contributed by atoms with Crippen LogP contribution in [0.2, 0.25) is 0 Å². The van der Waals surface area contributed by atoms with Crippen LogP contribution in [-0.2, 0) is 0 Å². The van der Waals surface area contributed by atoms with Gasteiger partial charge in [0.05, 0.1) is 0 Å². The predicted molar refractivity (Wildman–Crippen MR) is 70.8 cm³/mol. The van der Waals surface area contributed by atoms with Gasteiger partial charge in [-0.05, 0) is 12.8 Å². The molecule has 1 rings (SSSR count). The first-order valence-electron chi connectivity index (χ1n) is 6.13. The monoisotopic (exact) mass is 220 g/mol. The maximum absolute atomic E-state index is 10.6. The molecule has 0 radical (unpaired) electrons. The number of carbonyl (C=O) groups is 1. The minimum absolute atomic E-state index is 0.121. The SMILES string of the molecule is CC(=O)c1ccccc1.CCCCC(C)C. The first-order valence-corrected chi connectivity index (χ1v) is 6.13. The molecule has 0 saturated carbocycles. The highest BCUT2D eigenvalue weighted by Gasteiger charge is 1.92. The number of Topliss-reactive ketones (excluding diaryl/α,β-unsaturated/α-hetero) is 1. The first-order chi connectivity index (χ1) is 7.57. The average Bonchev–Trinajstić information content (AvgIpc) is 2.28. The predicted octanol–water partition coefficient (Wildman–Crippen LogP) is 4.72. The van der Waals surface area contributed by atoms with Gasteiger partial charge in [-0.25, -0.2) is 0 Å². The van der Waals surface area contributed by atoms with Crippen molar-refractivity contribution in [3.63, 3.8) is 0 Å². The standard InChI is InChI=1S/C8H8O.C7H16/c1-7(9)8-5-3-2-4-6-8;1-4-5-6-7(2)3/h2-6H,1H3;7H,4-6H2,1-3H3. The maximum atomic E-state index is 10.6. The van der Waals surface area contributed by atoms with E-state index in [-0.39, 0.29) is 5.78 Å². The zero-order valence-electron chi connectivity index (χ0n) is 11.0. The fourth-order valence-corrected chi connectivity index (χ4v) is 1.29. The summed E-state index contributed by atoms with van der Waals surface area (Å²) in [4.78, 5) is 10.6. The Morgan fingerprint density at radius 1 is 1.19 bits per heavy atom. The minimum Gasteiger partial charge on any atom is -0.295 e. The van der Waals surface area contributed by atoms with Crippen molar-refractivity contribution in [2.24, 2.45) is 5.92 Å². The van der Waals surface area contributed by atoms with Gasteiger partial charge in [0.25, 0.3) is 0 Å².